The summed E-state index contributed by atoms with van der Waals surface area (Å²) in [5.41, 5.74) is 0.880. The number of allylic oxidation sites excluding steroid dienone is 1. The van der Waals surface area contributed by atoms with Crippen molar-refractivity contribution in [2.24, 2.45) is 0 Å². The van der Waals surface area contributed by atoms with E-state index in [1.54, 1.807) is 12.1 Å². The van der Waals surface area contributed by atoms with Gasteiger partial charge >= 0.3 is 17.9 Å². The number of carbonyl (C=O) groups excluding carboxylic acids is 4. The second-order valence-corrected chi connectivity index (χ2v) is 7.18. The molecule has 0 spiro atoms. The molecular formula is C22H25N3O10. The number of carboxylic acid groups (broad SMARTS) is 3. The average molecular weight is 491 g/mol. The van der Waals surface area contributed by atoms with Crippen molar-refractivity contribution in [3.8, 4) is 0 Å². The van der Waals surface area contributed by atoms with Gasteiger partial charge in [-0.25, -0.2) is 4.79 Å². The molecule has 0 aliphatic heterocycles. The van der Waals surface area contributed by atoms with E-state index in [1.807, 2.05) is 0 Å². The van der Waals surface area contributed by atoms with Crippen molar-refractivity contribution < 1.29 is 48.9 Å². The van der Waals surface area contributed by atoms with Gasteiger partial charge < -0.3 is 31.3 Å². The smallest absolute Gasteiger partial charge is 0.326 e. The van der Waals surface area contributed by atoms with Gasteiger partial charge in [0.25, 0.3) is 5.91 Å². The Morgan fingerprint density at radius 2 is 1.40 bits per heavy atom. The van der Waals surface area contributed by atoms with Crippen LogP contribution in [0.3, 0.4) is 0 Å². The first-order chi connectivity index (χ1) is 16.5. The largest absolute Gasteiger partial charge is 0.481 e. The molecule has 0 fully saturated rings. The normalized spacial score (nSPS) is 12.2. The number of carboxylic acids is 3. The topological polar surface area (TPSA) is 216 Å². The Hall–Kier alpha value is -4.55. The third-order valence-corrected chi connectivity index (χ3v) is 4.51. The molecule has 0 bridgehead atoms. The number of benzene rings is 1. The number of aldehydes is 1. The summed E-state index contributed by atoms with van der Waals surface area (Å²) in [5, 5.41) is 33.4. The van der Waals surface area contributed by atoms with Crippen molar-refractivity contribution in [2.45, 2.75) is 37.8 Å². The maximum absolute atomic E-state index is 12.5. The molecule has 2 atom stereocenters. The molecule has 0 radical (unpaired) electrons. The second-order valence-electron chi connectivity index (χ2n) is 7.18. The fourth-order valence-electron chi connectivity index (χ4n) is 2.74. The van der Waals surface area contributed by atoms with Crippen LogP contribution in [0.1, 0.15) is 41.6 Å². The first-order valence-corrected chi connectivity index (χ1v) is 10.3. The molecule has 0 aliphatic rings. The molecule has 0 aliphatic carbocycles. The van der Waals surface area contributed by atoms with Crippen LogP contribution in [0.25, 0.3) is 6.08 Å². The molecule has 0 unspecified atom stereocenters. The summed E-state index contributed by atoms with van der Waals surface area (Å²) in [6.07, 6.45) is 1.55. The minimum atomic E-state index is -1.56. The lowest BCUT2D eigenvalue weighted by molar-refractivity contribution is -0.144. The van der Waals surface area contributed by atoms with Crippen LogP contribution in [0.4, 0.5) is 0 Å². The number of hydrogen-bond donors (Lipinski definition) is 6. The van der Waals surface area contributed by atoms with Crippen LogP contribution in [-0.4, -0.2) is 75.9 Å². The Morgan fingerprint density at radius 1 is 0.829 bits per heavy atom. The molecule has 188 valence electrons. The Bertz CT molecular complexity index is 988. The van der Waals surface area contributed by atoms with Crippen LogP contribution < -0.4 is 16.0 Å². The summed E-state index contributed by atoms with van der Waals surface area (Å²) in [7, 11) is 0. The zero-order valence-corrected chi connectivity index (χ0v) is 18.4. The summed E-state index contributed by atoms with van der Waals surface area (Å²) < 4.78 is 0. The first-order valence-electron chi connectivity index (χ1n) is 10.3. The molecule has 3 amide bonds. The molecule has 1 aromatic rings. The number of nitrogens with one attached hydrogen (secondary N) is 3. The van der Waals surface area contributed by atoms with Gasteiger partial charge in [0.2, 0.25) is 11.8 Å². The highest BCUT2D eigenvalue weighted by Gasteiger charge is 2.27. The molecule has 1 aromatic carbocycles. The van der Waals surface area contributed by atoms with Crippen molar-refractivity contribution >= 4 is 48.0 Å². The van der Waals surface area contributed by atoms with Gasteiger partial charge in [0, 0.05) is 18.4 Å². The van der Waals surface area contributed by atoms with E-state index in [2.05, 4.69) is 16.0 Å². The molecule has 13 heteroatoms. The Kier molecular flexibility index (Phi) is 11.9. The average Bonchev–Trinajstić information content (AvgIpc) is 2.81. The number of aliphatic carboxylic acids is 3. The monoisotopic (exact) mass is 491 g/mol. The lowest BCUT2D eigenvalue weighted by Gasteiger charge is -2.21. The van der Waals surface area contributed by atoms with E-state index in [1.165, 1.54) is 24.3 Å². The summed E-state index contributed by atoms with van der Waals surface area (Å²) in [4.78, 5) is 80.1. The lowest BCUT2D eigenvalue weighted by Crippen LogP contribution is -2.53. The van der Waals surface area contributed by atoms with Crippen molar-refractivity contribution in [3.63, 3.8) is 0 Å². The Labute approximate surface area is 199 Å². The van der Waals surface area contributed by atoms with Gasteiger partial charge in [0.05, 0.1) is 6.54 Å². The standard InChI is InChI=1S/C22H25N3O10/c26-11-1-2-13-3-5-14(6-4-13)20(32)23-12-17(27)24-15(7-9-18(28)29)21(33)25-16(22(34)35)8-10-19(30)31/h1-6,11,15-16H,7-10,12H2,(H,23,32)(H,24,27)(H,25,33)(H,28,29)(H,30,31)(H,34,35)/b2-1+/t15-,16-/m0/s1. The van der Waals surface area contributed by atoms with E-state index >= 15 is 0 Å². The summed E-state index contributed by atoms with van der Waals surface area (Å²) in [6, 6.07) is 3.07. The predicted octanol–water partition coefficient (Wildman–Crippen LogP) is -0.588. The van der Waals surface area contributed by atoms with Gasteiger partial charge in [-0.3, -0.25) is 28.8 Å². The quantitative estimate of drug-likeness (QED) is 0.135. The van der Waals surface area contributed by atoms with Crippen LogP contribution in [0.5, 0.6) is 0 Å². The zero-order chi connectivity index (χ0) is 26.4. The van der Waals surface area contributed by atoms with Gasteiger partial charge in [0.1, 0.15) is 18.4 Å². The van der Waals surface area contributed by atoms with E-state index in [-0.39, 0.29) is 12.0 Å². The maximum Gasteiger partial charge on any atom is 0.326 e. The SMILES string of the molecule is O=C/C=C/c1ccc(C(=O)NCC(=O)N[C@@H](CCC(=O)O)C(=O)N[C@@H](CCC(=O)O)C(=O)O)cc1. The van der Waals surface area contributed by atoms with E-state index in [0.29, 0.717) is 11.8 Å². The minimum Gasteiger partial charge on any atom is -0.481 e. The molecule has 0 aromatic heterocycles. The lowest BCUT2D eigenvalue weighted by atomic mass is 10.1. The van der Waals surface area contributed by atoms with Gasteiger partial charge in [-0.2, -0.15) is 0 Å². The number of rotatable bonds is 15. The number of hydrogen-bond acceptors (Lipinski definition) is 7. The highest BCUT2D eigenvalue weighted by atomic mass is 16.4. The van der Waals surface area contributed by atoms with Gasteiger partial charge in [-0.05, 0) is 36.6 Å². The van der Waals surface area contributed by atoms with Crippen molar-refractivity contribution in [2.75, 3.05) is 6.54 Å². The third kappa shape index (κ3) is 11.2. The maximum atomic E-state index is 12.5. The van der Waals surface area contributed by atoms with Crippen LogP contribution in [0.15, 0.2) is 30.3 Å². The number of amides is 3. The summed E-state index contributed by atoms with van der Waals surface area (Å²) >= 11 is 0. The Balaban J connectivity index is 2.75. The molecule has 35 heavy (non-hydrogen) atoms. The fourth-order valence-corrected chi connectivity index (χ4v) is 2.74. The molecule has 6 N–H and O–H groups in total. The van der Waals surface area contributed by atoms with Crippen LogP contribution in [0.2, 0.25) is 0 Å². The fraction of sp³-hybridized carbons (Fsp3) is 0.318. The van der Waals surface area contributed by atoms with E-state index in [9.17, 15) is 38.7 Å². The van der Waals surface area contributed by atoms with Crippen molar-refractivity contribution in [1.29, 1.82) is 0 Å². The summed E-state index contributed by atoms with van der Waals surface area (Å²) in [6.45, 7) is -0.566. The van der Waals surface area contributed by atoms with Crippen molar-refractivity contribution in [1.82, 2.24) is 16.0 Å². The zero-order valence-electron chi connectivity index (χ0n) is 18.4. The predicted molar refractivity (Wildman–Crippen MR) is 119 cm³/mol. The van der Waals surface area contributed by atoms with E-state index in [4.69, 9.17) is 10.2 Å². The highest BCUT2D eigenvalue weighted by molar-refractivity contribution is 5.97. The number of carbonyl (C=O) groups is 7. The molecule has 0 heterocycles. The molecular weight excluding hydrogens is 466 g/mol. The van der Waals surface area contributed by atoms with Crippen LogP contribution in [0, 0.1) is 0 Å². The second kappa shape index (κ2) is 14.6. The van der Waals surface area contributed by atoms with Gasteiger partial charge in [-0.1, -0.05) is 18.2 Å². The van der Waals surface area contributed by atoms with E-state index in [0.717, 1.165) is 0 Å². The van der Waals surface area contributed by atoms with Crippen LogP contribution >= 0.6 is 0 Å². The molecule has 1 rings (SSSR count). The minimum absolute atomic E-state index is 0.212. The van der Waals surface area contributed by atoms with Gasteiger partial charge in [0.15, 0.2) is 0 Å². The van der Waals surface area contributed by atoms with Crippen molar-refractivity contribution in [3.05, 3.63) is 41.5 Å². The summed E-state index contributed by atoms with van der Waals surface area (Å²) in [5.74, 6) is -6.50. The highest BCUT2D eigenvalue weighted by Crippen LogP contribution is 2.06. The van der Waals surface area contributed by atoms with E-state index < -0.39 is 73.5 Å². The molecule has 13 nitrogen and oxygen atoms in total. The van der Waals surface area contributed by atoms with Gasteiger partial charge in [-0.15, -0.1) is 0 Å². The Morgan fingerprint density at radius 3 is 1.91 bits per heavy atom. The first kappa shape index (κ1) is 28.5. The van der Waals surface area contributed by atoms with Crippen LogP contribution in [-0.2, 0) is 28.8 Å². The molecule has 0 saturated carbocycles. The molecule has 0 saturated heterocycles. The third-order valence-electron chi connectivity index (χ3n) is 4.51.